The average molecular weight is 343 g/mol. The molecule has 0 fully saturated rings. The van der Waals surface area contributed by atoms with Crippen LogP contribution in [0.2, 0.25) is 10.0 Å². The van der Waals surface area contributed by atoms with Crippen molar-refractivity contribution >= 4 is 35.2 Å². The quantitative estimate of drug-likeness (QED) is 0.855. The molecule has 0 bridgehead atoms. The first-order chi connectivity index (χ1) is 10.4. The maximum atomic E-state index is 12.3. The van der Waals surface area contributed by atoms with Crippen LogP contribution in [0.25, 0.3) is 0 Å². The van der Waals surface area contributed by atoms with Crippen LogP contribution in [0.15, 0.2) is 29.5 Å². The minimum atomic E-state index is -0.627. The number of rotatable bonds is 3. The third-order valence-electron chi connectivity index (χ3n) is 3.53. The highest BCUT2D eigenvalue weighted by Crippen LogP contribution is 2.33. The van der Waals surface area contributed by atoms with Gasteiger partial charge < -0.3 is 15.0 Å². The number of amides is 2. The molecule has 5 nitrogen and oxygen atoms in total. The number of halogens is 2. The van der Waals surface area contributed by atoms with Crippen molar-refractivity contribution in [1.29, 1.82) is 0 Å². The summed E-state index contributed by atoms with van der Waals surface area (Å²) in [6.07, 6.45) is 0. The van der Waals surface area contributed by atoms with Gasteiger partial charge in [0, 0.05) is 12.7 Å². The summed E-state index contributed by atoms with van der Waals surface area (Å²) in [5.74, 6) is -0.470. The first-order valence-corrected chi connectivity index (χ1v) is 7.49. The van der Waals surface area contributed by atoms with Gasteiger partial charge >= 0.3 is 12.0 Å². The minimum Gasteiger partial charge on any atom is -0.463 e. The lowest BCUT2D eigenvalue weighted by atomic mass is 9.95. The molecule has 0 aliphatic carbocycles. The topological polar surface area (TPSA) is 58.6 Å². The van der Waals surface area contributed by atoms with E-state index in [1.165, 1.54) is 4.90 Å². The molecule has 2 rings (SSSR count). The van der Waals surface area contributed by atoms with Crippen LogP contribution in [-0.4, -0.2) is 30.6 Å². The Morgan fingerprint density at radius 3 is 2.64 bits per heavy atom. The summed E-state index contributed by atoms with van der Waals surface area (Å²) in [6.45, 7) is 3.68. The number of carbonyl (C=O) groups excluding carboxylic acids is 2. The van der Waals surface area contributed by atoms with Crippen molar-refractivity contribution in [2.45, 2.75) is 19.9 Å². The van der Waals surface area contributed by atoms with Gasteiger partial charge in [-0.05, 0) is 31.5 Å². The summed E-state index contributed by atoms with van der Waals surface area (Å²) < 4.78 is 5.11. The fourth-order valence-electron chi connectivity index (χ4n) is 2.25. The van der Waals surface area contributed by atoms with Crippen LogP contribution in [0.1, 0.15) is 25.5 Å². The normalized spacial score (nSPS) is 18.3. The van der Waals surface area contributed by atoms with Gasteiger partial charge in [0.2, 0.25) is 0 Å². The predicted octanol–water partition coefficient (Wildman–Crippen LogP) is 3.53. The number of allylic oxidation sites excluding steroid dienone is 1. The number of nitrogens with zero attached hydrogens (tertiary/aromatic N) is 1. The Morgan fingerprint density at radius 2 is 2.05 bits per heavy atom. The summed E-state index contributed by atoms with van der Waals surface area (Å²) in [5.41, 5.74) is 1.58. The van der Waals surface area contributed by atoms with Crippen LogP contribution < -0.4 is 5.32 Å². The Labute approximate surface area is 138 Å². The van der Waals surface area contributed by atoms with E-state index in [-0.39, 0.29) is 12.6 Å². The molecule has 0 unspecified atom stereocenters. The van der Waals surface area contributed by atoms with Crippen LogP contribution in [0.4, 0.5) is 4.79 Å². The number of hydrogen-bond acceptors (Lipinski definition) is 3. The molecule has 0 saturated heterocycles. The monoisotopic (exact) mass is 342 g/mol. The van der Waals surface area contributed by atoms with E-state index in [1.807, 2.05) is 0 Å². The molecule has 1 N–H and O–H groups in total. The molecule has 0 radical (unpaired) electrons. The fourth-order valence-corrected chi connectivity index (χ4v) is 2.56. The Kier molecular flexibility index (Phi) is 4.98. The zero-order chi connectivity index (χ0) is 16.4. The molecule has 0 spiro atoms. The zero-order valence-electron chi connectivity index (χ0n) is 12.4. The second kappa shape index (κ2) is 6.58. The van der Waals surface area contributed by atoms with Gasteiger partial charge in [-0.15, -0.1) is 0 Å². The molecule has 0 saturated carbocycles. The fraction of sp³-hybridized carbons (Fsp3) is 0.333. The number of hydrogen-bond donors (Lipinski definition) is 1. The Bertz CT molecular complexity index is 658. The molecule has 0 aromatic heterocycles. The van der Waals surface area contributed by atoms with Gasteiger partial charge in [-0.1, -0.05) is 29.3 Å². The molecule has 1 atom stereocenters. The standard InChI is InChI=1S/C15H16Cl2N2O3/c1-4-22-14(20)12-8(2)19(3)15(21)18-13(12)9-5-6-10(16)11(17)7-9/h5-7,13H,4H2,1-3H3,(H,18,21)/t13-/m1/s1. The highest BCUT2D eigenvalue weighted by molar-refractivity contribution is 6.42. The molecule has 1 aromatic carbocycles. The number of ether oxygens (including phenoxy) is 1. The maximum Gasteiger partial charge on any atom is 0.338 e. The van der Waals surface area contributed by atoms with Crippen molar-refractivity contribution in [3.8, 4) is 0 Å². The molecule has 7 heteroatoms. The van der Waals surface area contributed by atoms with Gasteiger partial charge in [-0.2, -0.15) is 0 Å². The molecular formula is C15H16Cl2N2O3. The Morgan fingerprint density at radius 1 is 1.36 bits per heavy atom. The highest BCUT2D eigenvalue weighted by atomic mass is 35.5. The van der Waals surface area contributed by atoms with E-state index in [4.69, 9.17) is 27.9 Å². The van der Waals surface area contributed by atoms with Gasteiger partial charge in [0.05, 0.1) is 28.3 Å². The molecule has 1 heterocycles. The molecular weight excluding hydrogens is 327 g/mol. The molecule has 118 valence electrons. The Hall–Kier alpha value is -1.72. The highest BCUT2D eigenvalue weighted by Gasteiger charge is 2.35. The van der Waals surface area contributed by atoms with E-state index in [1.54, 1.807) is 39.1 Å². The first-order valence-electron chi connectivity index (χ1n) is 6.73. The summed E-state index contributed by atoms with van der Waals surface area (Å²) in [4.78, 5) is 25.7. The van der Waals surface area contributed by atoms with Crippen molar-refractivity contribution in [2.24, 2.45) is 0 Å². The van der Waals surface area contributed by atoms with E-state index < -0.39 is 12.0 Å². The number of urea groups is 1. The smallest absolute Gasteiger partial charge is 0.338 e. The second-order valence-electron chi connectivity index (χ2n) is 4.83. The number of esters is 1. The number of carbonyl (C=O) groups is 2. The van der Waals surface area contributed by atoms with E-state index in [9.17, 15) is 9.59 Å². The van der Waals surface area contributed by atoms with Crippen molar-refractivity contribution in [3.05, 3.63) is 45.1 Å². The van der Waals surface area contributed by atoms with Crippen molar-refractivity contribution in [1.82, 2.24) is 10.2 Å². The zero-order valence-corrected chi connectivity index (χ0v) is 14.0. The van der Waals surface area contributed by atoms with Crippen LogP contribution in [0, 0.1) is 0 Å². The van der Waals surface area contributed by atoms with Gasteiger partial charge in [-0.3, -0.25) is 0 Å². The van der Waals surface area contributed by atoms with E-state index in [0.717, 1.165) is 0 Å². The number of benzene rings is 1. The van der Waals surface area contributed by atoms with Gasteiger partial charge in [-0.25, -0.2) is 9.59 Å². The van der Waals surface area contributed by atoms with E-state index in [0.29, 0.717) is 26.9 Å². The average Bonchev–Trinajstić information content (AvgIpc) is 2.47. The predicted molar refractivity (Wildman–Crippen MR) is 84.8 cm³/mol. The molecule has 1 aliphatic rings. The van der Waals surface area contributed by atoms with Gasteiger partial charge in [0.15, 0.2) is 0 Å². The van der Waals surface area contributed by atoms with Gasteiger partial charge in [0.1, 0.15) is 0 Å². The lowest BCUT2D eigenvalue weighted by Crippen LogP contribution is -2.46. The molecule has 22 heavy (non-hydrogen) atoms. The Balaban J connectivity index is 2.53. The lowest BCUT2D eigenvalue weighted by Gasteiger charge is -2.33. The van der Waals surface area contributed by atoms with Crippen LogP contribution in [0.3, 0.4) is 0 Å². The summed E-state index contributed by atoms with van der Waals surface area (Å²) >= 11 is 12.0. The van der Waals surface area contributed by atoms with Crippen molar-refractivity contribution in [2.75, 3.05) is 13.7 Å². The van der Waals surface area contributed by atoms with E-state index in [2.05, 4.69) is 5.32 Å². The van der Waals surface area contributed by atoms with Crippen LogP contribution in [-0.2, 0) is 9.53 Å². The summed E-state index contributed by atoms with van der Waals surface area (Å²) in [6, 6.07) is 4.05. The molecule has 1 aliphatic heterocycles. The van der Waals surface area contributed by atoms with Crippen LogP contribution in [0.5, 0.6) is 0 Å². The SMILES string of the molecule is CCOC(=O)C1=C(C)N(C)C(=O)N[C@@H]1c1ccc(Cl)c(Cl)c1. The third kappa shape index (κ3) is 3.05. The molecule has 2 amide bonds. The summed E-state index contributed by atoms with van der Waals surface area (Å²) in [7, 11) is 1.59. The van der Waals surface area contributed by atoms with Crippen LogP contribution >= 0.6 is 23.2 Å². The minimum absolute atomic E-state index is 0.251. The molecule has 1 aromatic rings. The van der Waals surface area contributed by atoms with Gasteiger partial charge in [0.25, 0.3) is 0 Å². The second-order valence-corrected chi connectivity index (χ2v) is 5.65. The third-order valence-corrected chi connectivity index (χ3v) is 4.27. The first kappa shape index (κ1) is 16.6. The largest absolute Gasteiger partial charge is 0.463 e. The summed E-state index contributed by atoms with van der Waals surface area (Å²) in [5, 5.41) is 3.54. The lowest BCUT2D eigenvalue weighted by molar-refractivity contribution is -0.139. The van der Waals surface area contributed by atoms with E-state index >= 15 is 0 Å². The van der Waals surface area contributed by atoms with Crippen molar-refractivity contribution < 1.29 is 14.3 Å². The number of nitrogens with one attached hydrogen (secondary N) is 1. The maximum absolute atomic E-state index is 12.3. The van der Waals surface area contributed by atoms with Crippen molar-refractivity contribution in [3.63, 3.8) is 0 Å².